The number of benzene rings is 2. The summed E-state index contributed by atoms with van der Waals surface area (Å²) in [5.74, 6) is -0.405. The Morgan fingerprint density at radius 3 is 2.60 bits per heavy atom. The van der Waals surface area contributed by atoms with Gasteiger partial charge in [0.25, 0.3) is 6.01 Å². The molecule has 2 fully saturated rings. The van der Waals surface area contributed by atoms with Crippen LogP contribution < -0.4 is 10.2 Å². The fourth-order valence-corrected chi connectivity index (χ4v) is 5.39. The van der Waals surface area contributed by atoms with Gasteiger partial charge in [-0.2, -0.15) is 4.98 Å². The van der Waals surface area contributed by atoms with Gasteiger partial charge in [0.1, 0.15) is 12.0 Å². The molecular weight excluding hydrogens is 438 g/mol. The van der Waals surface area contributed by atoms with Crippen LogP contribution in [-0.2, 0) is 4.79 Å². The van der Waals surface area contributed by atoms with E-state index in [0.717, 1.165) is 34.7 Å². The summed E-state index contributed by atoms with van der Waals surface area (Å²) in [4.78, 5) is 18.8. The number of hydrogen-bond acceptors (Lipinski definition) is 5. The third-order valence-electron chi connectivity index (χ3n) is 7.26. The number of oxazole rings is 1. The Balaban J connectivity index is 1.49. The lowest BCUT2D eigenvalue weighted by Crippen LogP contribution is -2.39. The van der Waals surface area contributed by atoms with Crippen molar-refractivity contribution in [2.75, 3.05) is 16.8 Å². The summed E-state index contributed by atoms with van der Waals surface area (Å²) < 4.78 is 5.82. The summed E-state index contributed by atoms with van der Waals surface area (Å²) in [6.45, 7) is 5.50. The smallest absolute Gasteiger partial charge is 0.307 e. The summed E-state index contributed by atoms with van der Waals surface area (Å²) in [5, 5.41) is 12.9. The molecule has 0 saturated heterocycles. The van der Waals surface area contributed by atoms with Crippen molar-refractivity contribution in [2.45, 2.75) is 64.3 Å². The van der Waals surface area contributed by atoms with E-state index in [2.05, 4.69) is 42.3 Å². The van der Waals surface area contributed by atoms with Gasteiger partial charge >= 0.3 is 5.97 Å². The molecule has 0 bridgehead atoms. The Labute approximate surface area is 207 Å². The number of hydrogen-bond donors (Lipinski definition) is 2. The fraction of sp³-hybridized carbons (Fsp3) is 0.448. The maximum atomic E-state index is 11.5. The van der Waals surface area contributed by atoms with E-state index in [1.807, 2.05) is 30.3 Å². The quantitative estimate of drug-likeness (QED) is 0.346. The van der Waals surface area contributed by atoms with Gasteiger partial charge in [-0.3, -0.25) is 4.79 Å². The molecule has 2 atom stereocenters. The number of carboxylic acids is 1. The SMILES string of the molecule is CC(C)CN(c1ccc(C2CC2C(=O)O)cc1Nc1nc(-c2ccccc2)co1)C1CCCCC1. The number of aromatic nitrogens is 1. The molecule has 2 aliphatic rings. The second kappa shape index (κ2) is 10.1. The van der Waals surface area contributed by atoms with Crippen molar-refractivity contribution in [1.82, 2.24) is 4.98 Å². The highest BCUT2D eigenvalue weighted by Gasteiger charge is 2.44. The van der Waals surface area contributed by atoms with E-state index in [1.54, 1.807) is 6.26 Å². The van der Waals surface area contributed by atoms with Crippen LogP contribution in [0.2, 0.25) is 0 Å². The first-order valence-corrected chi connectivity index (χ1v) is 12.9. The molecule has 2 saturated carbocycles. The molecule has 1 heterocycles. The lowest BCUT2D eigenvalue weighted by atomic mass is 9.92. The third kappa shape index (κ3) is 5.37. The van der Waals surface area contributed by atoms with E-state index in [-0.39, 0.29) is 11.8 Å². The van der Waals surface area contributed by atoms with Gasteiger partial charge in [0.05, 0.1) is 17.3 Å². The molecule has 2 aliphatic carbocycles. The first kappa shape index (κ1) is 23.5. The van der Waals surface area contributed by atoms with Crippen LogP contribution in [0, 0.1) is 11.8 Å². The first-order valence-electron chi connectivity index (χ1n) is 12.9. The maximum absolute atomic E-state index is 11.5. The number of carboxylic acid groups (broad SMARTS) is 1. The van der Waals surface area contributed by atoms with E-state index >= 15 is 0 Å². The van der Waals surface area contributed by atoms with E-state index in [4.69, 9.17) is 9.40 Å². The van der Waals surface area contributed by atoms with Gasteiger partial charge in [-0.15, -0.1) is 0 Å². The molecule has 0 radical (unpaired) electrons. The van der Waals surface area contributed by atoms with Crippen molar-refractivity contribution < 1.29 is 14.3 Å². The van der Waals surface area contributed by atoms with Crippen molar-refractivity contribution >= 4 is 23.4 Å². The topological polar surface area (TPSA) is 78.6 Å². The Morgan fingerprint density at radius 2 is 1.91 bits per heavy atom. The molecule has 3 aromatic rings. The molecule has 6 nitrogen and oxygen atoms in total. The highest BCUT2D eigenvalue weighted by Crippen LogP contribution is 2.49. The molecule has 1 aromatic heterocycles. The Kier molecular flexibility index (Phi) is 6.80. The molecule has 0 aliphatic heterocycles. The number of rotatable bonds is 9. The van der Waals surface area contributed by atoms with Crippen LogP contribution in [0.4, 0.5) is 17.4 Å². The van der Waals surface area contributed by atoms with Crippen LogP contribution in [0.1, 0.15) is 63.9 Å². The Morgan fingerprint density at radius 1 is 1.14 bits per heavy atom. The highest BCUT2D eigenvalue weighted by atomic mass is 16.4. The molecule has 0 amide bonds. The molecule has 2 aromatic carbocycles. The first-order chi connectivity index (χ1) is 17.0. The Hall–Kier alpha value is -3.28. The van der Waals surface area contributed by atoms with Crippen LogP contribution in [-0.4, -0.2) is 28.6 Å². The van der Waals surface area contributed by atoms with Gasteiger partial charge in [-0.1, -0.05) is 69.5 Å². The van der Waals surface area contributed by atoms with Crippen LogP contribution in [0.25, 0.3) is 11.3 Å². The molecule has 184 valence electrons. The van der Waals surface area contributed by atoms with Crippen LogP contribution in [0.15, 0.2) is 59.2 Å². The van der Waals surface area contributed by atoms with E-state index in [1.165, 1.54) is 32.1 Å². The number of nitrogens with zero attached hydrogens (tertiary/aromatic N) is 2. The second-order valence-electron chi connectivity index (χ2n) is 10.4. The minimum absolute atomic E-state index is 0.0692. The largest absolute Gasteiger partial charge is 0.481 e. The standard InChI is InChI=1S/C29H35N3O3/c1-19(2)17-32(22-11-7-4-8-12-22)27-14-13-21(23-16-24(23)28(33)34)15-25(27)30-29-31-26(18-35-29)20-9-5-3-6-10-20/h3,5-6,9-10,13-15,18-19,22-24H,4,7-8,11-12,16-17H2,1-2H3,(H,30,31)(H,33,34). The lowest BCUT2D eigenvalue weighted by Gasteiger charge is -2.38. The minimum Gasteiger partial charge on any atom is -0.481 e. The van der Waals surface area contributed by atoms with E-state index in [0.29, 0.717) is 24.4 Å². The van der Waals surface area contributed by atoms with Crippen molar-refractivity contribution in [3.05, 3.63) is 60.4 Å². The van der Waals surface area contributed by atoms with Crippen molar-refractivity contribution in [2.24, 2.45) is 11.8 Å². The van der Waals surface area contributed by atoms with Crippen LogP contribution in [0.3, 0.4) is 0 Å². The van der Waals surface area contributed by atoms with E-state index in [9.17, 15) is 9.90 Å². The van der Waals surface area contributed by atoms with Gasteiger partial charge in [0.2, 0.25) is 0 Å². The summed E-state index contributed by atoms with van der Waals surface area (Å²) in [7, 11) is 0. The zero-order valence-corrected chi connectivity index (χ0v) is 20.6. The number of aliphatic carboxylic acids is 1. The number of carbonyl (C=O) groups is 1. The van der Waals surface area contributed by atoms with Gasteiger partial charge in [0, 0.05) is 18.2 Å². The molecule has 5 rings (SSSR count). The monoisotopic (exact) mass is 473 g/mol. The van der Waals surface area contributed by atoms with Gasteiger partial charge < -0.3 is 19.7 Å². The Bertz CT molecular complexity index is 1150. The second-order valence-corrected chi connectivity index (χ2v) is 10.4. The zero-order valence-electron chi connectivity index (χ0n) is 20.6. The van der Waals surface area contributed by atoms with Crippen molar-refractivity contribution in [3.8, 4) is 11.3 Å². The molecule has 0 spiro atoms. The molecule has 6 heteroatoms. The molecular formula is C29H35N3O3. The fourth-order valence-electron chi connectivity index (χ4n) is 5.39. The van der Waals surface area contributed by atoms with Gasteiger partial charge in [-0.05, 0) is 48.8 Å². The summed E-state index contributed by atoms with van der Waals surface area (Å²) in [6, 6.07) is 17.4. The predicted octanol–water partition coefficient (Wildman–Crippen LogP) is 7.07. The van der Waals surface area contributed by atoms with Gasteiger partial charge in [0.15, 0.2) is 0 Å². The summed E-state index contributed by atoms with van der Waals surface area (Å²) >= 11 is 0. The number of nitrogens with one attached hydrogen (secondary N) is 1. The maximum Gasteiger partial charge on any atom is 0.307 e. The average molecular weight is 474 g/mol. The van der Waals surface area contributed by atoms with E-state index < -0.39 is 5.97 Å². The highest BCUT2D eigenvalue weighted by molar-refractivity contribution is 5.78. The summed E-state index contributed by atoms with van der Waals surface area (Å²) in [5.41, 5.74) is 4.92. The molecule has 2 N–H and O–H groups in total. The third-order valence-corrected chi connectivity index (χ3v) is 7.26. The van der Waals surface area contributed by atoms with Gasteiger partial charge in [-0.25, -0.2) is 0 Å². The van der Waals surface area contributed by atoms with Crippen LogP contribution >= 0.6 is 0 Å². The van der Waals surface area contributed by atoms with Crippen LogP contribution in [0.5, 0.6) is 0 Å². The molecule has 35 heavy (non-hydrogen) atoms. The normalized spacial score (nSPS) is 20.1. The summed E-state index contributed by atoms with van der Waals surface area (Å²) in [6.07, 6.45) is 8.63. The van der Waals surface area contributed by atoms with Crippen molar-refractivity contribution in [3.63, 3.8) is 0 Å². The molecule has 2 unspecified atom stereocenters. The number of anilines is 3. The van der Waals surface area contributed by atoms with Crippen molar-refractivity contribution in [1.29, 1.82) is 0 Å². The minimum atomic E-state index is -0.711. The predicted molar refractivity (Wildman–Crippen MR) is 139 cm³/mol. The lowest BCUT2D eigenvalue weighted by molar-refractivity contribution is -0.138. The zero-order chi connectivity index (χ0) is 24.4. The average Bonchev–Trinajstić information content (AvgIpc) is 3.55.